The predicted octanol–water partition coefficient (Wildman–Crippen LogP) is 3.18. The Kier molecular flexibility index (Phi) is 5.59. The Morgan fingerprint density at radius 1 is 1.35 bits per heavy atom. The van der Waals surface area contributed by atoms with E-state index in [2.05, 4.69) is 0 Å². The van der Waals surface area contributed by atoms with Crippen molar-refractivity contribution in [2.75, 3.05) is 6.54 Å². The third-order valence-corrected chi connectivity index (χ3v) is 4.51. The topological polar surface area (TPSA) is 54.5 Å². The second-order valence-electron chi connectivity index (χ2n) is 5.01. The van der Waals surface area contributed by atoms with Crippen molar-refractivity contribution in [3.8, 4) is 0 Å². The minimum atomic E-state index is -3.85. The second kappa shape index (κ2) is 6.59. The van der Waals surface area contributed by atoms with E-state index in [1.165, 1.54) is 6.07 Å². The number of carbonyl (C=O) groups is 1. The zero-order valence-electron chi connectivity index (χ0n) is 12.2. The maximum Gasteiger partial charge on any atom is 0.261 e. The highest BCUT2D eigenvalue weighted by Crippen LogP contribution is 2.22. The standard InChI is InChI=1S/C14H20ClNO3S/c1-5-8-16(10(2)3)14(17)12-7-6-11(4)13(9-12)20(15,18)19/h6-7,9-10H,5,8H2,1-4H3. The Morgan fingerprint density at radius 3 is 2.40 bits per heavy atom. The van der Waals surface area contributed by atoms with E-state index in [0.29, 0.717) is 17.7 Å². The molecule has 112 valence electrons. The molecule has 0 saturated carbocycles. The molecule has 0 spiro atoms. The van der Waals surface area contributed by atoms with Gasteiger partial charge in [-0.05, 0) is 44.9 Å². The van der Waals surface area contributed by atoms with Gasteiger partial charge in [0.05, 0.1) is 4.90 Å². The van der Waals surface area contributed by atoms with Gasteiger partial charge in [-0.15, -0.1) is 0 Å². The number of halogens is 1. The van der Waals surface area contributed by atoms with Crippen LogP contribution in [0.3, 0.4) is 0 Å². The van der Waals surface area contributed by atoms with Crippen LogP contribution in [0.4, 0.5) is 0 Å². The van der Waals surface area contributed by atoms with Crippen molar-refractivity contribution in [2.45, 2.75) is 45.1 Å². The zero-order chi connectivity index (χ0) is 15.5. The molecule has 0 fully saturated rings. The van der Waals surface area contributed by atoms with Crippen molar-refractivity contribution in [3.63, 3.8) is 0 Å². The third kappa shape index (κ3) is 3.96. The summed E-state index contributed by atoms with van der Waals surface area (Å²) in [6, 6.07) is 4.64. The summed E-state index contributed by atoms with van der Waals surface area (Å²) in [7, 11) is 1.54. The summed E-state index contributed by atoms with van der Waals surface area (Å²) in [4.78, 5) is 14.2. The molecule has 0 aliphatic heterocycles. The SMILES string of the molecule is CCCN(C(=O)c1ccc(C)c(S(=O)(=O)Cl)c1)C(C)C. The van der Waals surface area contributed by atoms with E-state index in [4.69, 9.17) is 10.7 Å². The Hall–Kier alpha value is -1.07. The fourth-order valence-corrected chi connectivity index (χ4v) is 3.22. The van der Waals surface area contributed by atoms with E-state index in [0.717, 1.165) is 6.42 Å². The third-order valence-electron chi connectivity index (χ3n) is 3.05. The van der Waals surface area contributed by atoms with Crippen LogP contribution in [0.5, 0.6) is 0 Å². The van der Waals surface area contributed by atoms with Crippen LogP contribution < -0.4 is 0 Å². The van der Waals surface area contributed by atoms with Crippen molar-refractivity contribution in [1.82, 2.24) is 4.90 Å². The predicted molar refractivity (Wildman–Crippen MR) is 80.7 cm³/mol. The number of amides is 1. The molecular weight excluding hydrogens is 298 g/mol. The Bertz CT molecular complexity index is 596. The van der Waals surface area contributed by atoms with Gasteiger partial charge in [-0.25, -0.2) is 8.42 Å². The van der Waals surface area contributed by atoms with Gasteiger partial charge in [0.25, 0.3) is 15.0 Å². The zero-order valence-corrected chi connectivity index (χ0v) is 13.8. The highest BCUT2D eigenvalue weighted by Gasteiger charge is 2.21. The van der Waals surface area contributed by atoms with Crippen molar-refractivity contribution >= 4 is 25.6 Å². The lowest BCUT2D eigenvalue weighted by Crippen LogP contribution is -2.37. The molecule has 0 N–H and O–H groups in total. The van der Waals surface area contributed by atoms with Gasteiger partial charge >= 0.3 is 0 Å². The van der Waals surface area contributed by atoms with Gasteiger partial charge < -0.3 is 4.90 Å². The quantitative estimate of drug-likeness (QED) is 0.784. The molecule has 1 aromatic carbocycles. The van der Waals surface area contributed by atoms with Crippen LogP contribution >= 0.6 is 10.7 Å². The van der Waals surface area contributed by atoms with E-state index in [1.807, 2.05) is 20.8 Å². The minimum absolute atomic E-state index is 0.00905. The fraction of sp³-hybridized carbons (Fsp3) is 0.500. The largest absolute Gasteiger partial charge is 0.336 e. The molecule has 0 aliphatic rings. The summed E-state index contributed by atoms with van der Waals surface area (Å²) in [5.74, 6) is -0.177. The van der Waals surface area contributed by atoms with Gasteiger partial charge in [-0.2, -0.15) is 0 Å². The Morgan fingerprint density at radius 2 is 1.95 bits per heavy atom. The molecule has 0 atom stereocenters. The number of benzene rings is 1. The van der Waals surface area contributed by atoms with Crippen LogP contribution in [0.1, 0.15) is 43.1 Å². The molecule has 1 aromatic rings. The van der Waals surface area contributed by atoms with Gasteiger partial charge in [-0.3, -0.25) is 4.79 Å². The molecule has 0 saturated heterocycles. The number of carbonyl (C=O) groups excluding carboxylic acids is 1. The van der Waals surface area contributed by atoms with E-state index in [9.17, 15) is 13.2 Å². The van der Waals surface area contributed by atoms with Gasteiger partial charge in [-0.1, -0.05) is 13.0 Å². The monoisotopic (exact) mass is 317 g/mol. The summed E-state index contributed by atoms with van der Waals surface area (Å²) in [6.07, 6.45) is 0.844. The van der Waals surface area contributed by atoms with Gasteiger partial charge in [0.1, 0.15) is 0 Å². The molecule has 1 amide bonds. The summed E-state index contributed by atoms with van der Waals surface area (Å²) in [5.41, 5.74) is 0.875. The van der Waals surface area contributed by atoms with Crippen molar-refractivity contribution in [1.29, 1.82) is 0 Å². The van der Waals surface area contributed by atoms with Crippen LogP contribution in [0, 0.1) is 6.92 Å². The lowest BCUT2D eigenvalue weighted by atomic mass is 10.1. The first-order chi connectivity index (χ1) is 9.18. The maximum atomic E-state index is 12.5. The van der Waals surface area contributed by atoms with Crippen molar-refractivity contribution < 1.29 is 13.2 Å². The molecule has 0 unspecified atom stereocenters. The number of hydrogen-bond acceptors (Lipinski definition) is 3. The Balaban J connectivity index is 3.23. The lowest BCUT2D eigenvalue weighted by Gasteiger charge is -2.26. The molecular formula is C14H20ClNO3S. The van der Waals surface area contributed by atoms with Crippen LogP contribution in [-0.4, -0.2) is 31.8 Å². The molecule has 6 heteroatoms. The highest BCUT2D eigenvalue weighted by molar-refractivity contribution is 8.13. The molecule has 4 nitrogen and oxygen atoms in total. The number of aryl methyl sites for hydroxylation is 1. The van der Waals surface area contributed by atoms with Crippen LogP contribution in [0.2, 0.25) is 0 Å². The van der Waals surface area contributed by atoms with Crippen LogP contribution in [0.15, 0.2) is 23.1 Å². The van der Waals surface area contributed by atoms with Crippen molar-refractivity contribution in [3.05, 3.63) is 29.3 Å². The molecule has 0 aliphatic carbocycles. The highest BCUT2D eigenvalue weighted by atomic mass is 35.7. The van der Waals surface area contributed by atoms with Gasteiger partial charge in [0, 0.05) is 28.8 Å². The minimum Gasteiger partial charge on any atom is -0.336 e. The normalized spacial score (nSPS) is 11.7. The van der Waals surface area contributed by atoms with Crippen molar-refractivity contribution in [2.24, 2.45) is 0 Å². The van der Waals surface area contributed by atoms with E-state index < -0.39 is 9.05 Å². The number of rotatable bonds is 5. The first-order valence-corrected chi connectivity index (χ1v) is 8.85. The summed E-state index contributed by atoms with van der Waals surface area (Å²) < 4.78 is 23.0. The first kappa shape index (κ1) is 17.0. The molecule has 1 rings (SSSR count). The molecule has 0 aromatic heterocycles. The average Bonchev–Trinajstić information content (AvgIpc) is 2.34. The molecule has 20 heavy (non-hydrogen) atoms. The molecule has 0 radical (unpaired) electrons. The molecule has 0 heterocycles. The van der Waals surface area contributed by atoms with Crippen LogP contribution in [0.25, 0.3) is 0 Å². The number of hydrogen-bond donors (Lipinski definition) is 0. The summed E-state index contributed by atoms with van der Waals surface area (Å²) >= 11 is 0. The summed E-state index contributed by atoms with van der Waals surface area (Å²) in [6.45, 7) is 8.14. The molecule has 0 bridgehead atoms. The lowest BCUT2D eigenvalue weighted by molar-refractivity contribution is 0.0705. The Labute approximate surface area is 125 Å². The van der Waals surface area contributed by atoms with Gasteiger partial charge in [0.2, 0.25) is 0 Å². The summed E-state index contributed by atoms with van der Waals surface area (Å²) in [5, 5.41) is 0. The number of nitrogens with zero attached hydrogens (tertiary/aromatic N) is 1. The second-order valence-corrected chi connectivity index (χ2v) is 7.54. The average molecular weight is 318 g/mol. The van der Waals surface area contributed by atoms with E-state index in [1.54, 1.807) is 24.0 Å². The smallest absolute Gasteiger partial charge is 0.261 e. The van der Waals surface area contributed by atoms with Crippen LogP contribution in [-0.2, 0) is 9.05 Å². The maximum absolute atomic E-state index is 12.5. The van der Waals surface area contributed by atoms with E-state index in [-0.39, 0.29) is 16.8 Å². The fourth-order valence-electron chi connectivity index (χ4n) is 2.00. The first-order valence-electron chi connectivity index (χ1n) is 6.54. The van der Waals surface area contributed by atoms with E-state index >= 15 is 0 Å². The van der Waals surface area contributed by atoms with Gasteiger partial charge in [0.15, 0.2) is 0 Å².